The number of ether oxygens (including phenoxy) is 1. The maximum Gasteiger partial charge on any atom is 0.340 e. The van der Waals surface area contributed by atoms with Crippen molar-refractivity contribution in [2.75, 3.05) is 17.2 Å². The Morgan fingerprint density at radius 3 is 2.55 bits per heavy atom. The second kappa shape index (κ2) is 9.45. The van der Waals surface area contributed by atoms with Crippen LogP contribution in [0.25, 0.3) is 0 Å². The Hall–Kier alpha value is -3.74. The summed E-state index contributed by atoms with van der Waals surface area (Å²) in [7, 11) is 0. The van der Waals surface area contributed by atoms with Crippen LogP contribution in [0.5, 0.6) is 0 Å². The molecule has 0 aliphatic carbocycles. The number of amides is 1. The fraction of sp³-hybridized carbons (Fsp3) is 0.182. The minimum Gasteiger partial charge on any atom is -0.462 e. The number of anilines is 2. The second-order valence-corrected chi connectivity index (χ2v) is 6.37. The van der Waals surface area contributed by atoms with Gasteiger partial charge in [0.2, 0.25) is 0 Å². The third-order valence-corrected chi connectivity index (χ3v) is 4.12. The van der Waals surface area contributed by atoms with E-state index < -0.39 is 11.9 Å². The van der Waals surface area contributed by atoms with Gasteiger partial charge in [0.05, 0.1) is 17.9 Å². The molecule has 0 atom stereocenters. The highest BCUT2D eigenvalue weighted by Gasteiger charge is 2.15. The van der Waals surface area contributed by atoms with Gasteiger partial charge in [0.25, 0.3) is 5.91 Å². The molecule has 0 fully saturated rings. The van der Waals surface area contributed by atoms with Crippen LogP contribution >= 0.6 is 0 Å². The van der Waals surface area contributed by atoms with Crippen LogP contribution in [0.2, 0.25) is 0 Å². The molecule has 0 saturated carbocycles. The lowest BCUT2D eigenvalue weighted by molar-refractivity contribution is 0.0527. The van der Waals surface area contributed by atoms with Gasteiger partial charge in [0, 0.05) is 6.54 Å². The Morgan fingerprint density at radius 1 is 1.00 bits per heavy atom. The molecule has 0 bridgehead atoms. The molecule has 2 aromatic carbocycles. The van der Waals surface area contributed by atoms with Gasteiger partial charge < -0.3 is 15.4 Å². The highest BCUT2D eigenvalue weighted by atomic mass is 16.5. The zero-order valence-corrected chi connectivity index (χ0v) is 16.3. The normalized spacial score (nSPS) is 10.3. The van der Waals surface area contributed by atoms with Crippen LogP contribution in [0.15, 0.2) is 60.7 Å². The number of benzene rings is 2. The second-order valence-electron chi connectivity index (χ2n) is 6.37. The van der Waals surface area contributed by atoms with Gasteiger partial charge in [-0.05, 0) is 43.7 Å². The highest BCUT2D eigenvalue weighted by molar-refractivity contribution is 6.07. The Bertz CT molecular complexity index is 1000. The van der Waals surface area contributed by atoms with E-state index in [1.807, 2.05) is 25.1 Å². The first-order chi connectivity index (χ1) is 14.1. The first-order valence-electron chi connectivity index (χ1n) is 9.27. The monoisotopic (exact) mass is 390 g/mol. The van der Waals surface area contributed by atoms with E-state index >= 15 is 0 Å². The van der Waals surface area contributed by atoms with Crippen molar-refractivity contribution >= 4 is 23.4 Å². The molecule has 1 amide bonds. The van der Waals surface area contributed by atoms with Gasteiger partial charge in [-0.3, -0.25) is 4.79 Å². The van der Waals surface area contributed by atoms with E-state index in [2.05, 4.69) is 26.9 Å². The average molecular weight is 390 g/mol. The molecule has 29 heavy (non-hydrogen) atoms. The zero-order valence-electron chi connectivity index (χ0n) is 16.3. The molecule has 1 heterocycles. The molecule has 7 heteroatoms. The largest absolute Gasteiger partial charge is 0.462 e. The zero-order chi connectivity index (χ0) is 20.6. The maximum absolute atomic E-state index is 12.5. The number of para-hydroxylation sites is 1. The van der Waals surface area contributed by atoms with Crippen LogP contribution in [0.3, 0.4) is 0 Å². The number of hydrogen-bond acceptors (Lipinski definition) is 6. The summed E-state index contributed by atoms with van der Waals surface area (Å²) in [4.78, 5) is 24.5. The van der Waals surface area contributed by atoms with E-state index in [9.17, 15) is 9.59 Å². The first-order valence-corrected chi connectivity index (χ1v) is 9.27. The number of nitrogens with one attached hydrogen (secondary N) is 2. The third kappa shape index (κ3) is 5.38. The molecule has 0 aliphatic heterocycles. The molecule has 0 radical (unpaired) electrons. The van der Waals surface area contributed by atoms with Gasteiger partial charge in [0.15, 0.2) is 5.69 Å². The summed E-state index contributed by atoms with van der Waals surface area (Å²) in [5, 5.41) is 13.9. The fourth-order valence-electron chi connectivity index (χ4n) is 2.73. The van der Waals surface area contributed by atoms with E-state index in [0.29, 0.717) is 18.1 Å². The van der Waals surface area contributed by atoms with E-state index in [1.165, 1.54) is 5.56 Å². The predicted octanol–water partition coefficient (Wildman–Crippen LogP) is 3.83. The van der Waals surface area contributed by atoms with Crippen LogP contribution in [0, 0.1) is 6.92 Å². The number of aryl methyl sites for hydroxylation is 1. The van der Waals surface area contributed by atoms with Gasteiger partial charge in [-0.15, -0.1) is 10.2 Å². The summed E-state index contributed by atoms with van der Waals surface area (Å²) in [6.45, 7) is 4.62. The summed E-state index contributed by atoms with van der Waals surface area (Å²) < 4.78 is 5.02. The van der Waals surface area contributed by atoms with Crippen molar-refractivity contribution in [2.45, 2.75) is 20.4 Å². The number of rotatable bonds is 7. The molecular formula is C22H22N4O3. The van der Waals surface area contributed by atoms with Crippen molar-refractivity contribution in [1.29, 1.82) is 0 Å². The van der Waals surface area contributed by atoms with Gasteiger partial charge in [0.1, 0.15) is 5.82 Å². The first kappa shape index (κ1) is 20.0. The van der Waals surface area contributed by atoms with Crippen LogP contribution in [-0.4, -0.2) is 28.7 Å². The topological polar surface area (TPSA) is 93.2 Å². The molecule has 2 N–H and O–H groups in total. The maximum atomic E-state index is 12.5. The summed E-state index contributed by atoms with van der Waals surface area (Å²) in [5.41, 5.74) is 3.10. The van der Waals surface area contributed by atoms with Crippen molar-refractivity contribution in [1.82, 2.24) is 10.2 Å². The Balaban J connectivity index is 1.64. The number of carbonyl (C=O) groups is 2. The molecule has 1 aromatic heterocycles. The van der Waals surface area contributed by atoms with Crippen molar-refractivity contribution < 1.29 is 14.3 Å². The van der Waals surface area contributed by atoms with Crippen molar-refractivity contribution in [3.8, 4) is 0 Å². The van der Waals surface area contributed by atoms with Gasteiger partial charge in [-0.25, -0.2) is 4.79 Å². The fourth-order valence-corrected chi connectivity index (χ4v) is 2.73. The Morgan fingerprint density at radius 2 is 1.83 bits per heavy atom. The van der Waals surface area contributed by atoms with Crippen molar-refractivity contribution in [3.63, 3.8) is 0 Å². The minimum absolute atomic E-state index is 0.143. The van der Waals surface area contributed by atoms with Crippen LogP contribution in [-0.2, 0) is 11.3 Å². The molecule has 148 valence electrons. The van der Waals surface area contributed by atoms with Crippen LogP contribution in [0.4, 0.5) is 11.5 Å². The molecular weight excluding hydrogens is 368 g/mol. The standard InChI is InChI=1S/C22H22N4O3/c1-3-29-22(28)17-9-4-5-10-18(17)24-21(27)19-11-12-20(26-25-19)23-14-16-8-6-7-15(2)13-16/h4-13H,3,14H2,1-2H3,(H,23,26)(H,24,27). The van der Waals surface area contributed by atoms with E-state index in [1.54, 1.807) is 43.3 Å². The molecule has 7 nitrogen and oxygen atoms in total. The predicted molar refractivity (Wildman–Crippen MR) is 111 cm³/mol. The van der Waals surface area contributed by atoms with Crippen molar-refractivity contribution in [2.24, 2.45) is 0 Å². The molecule has 3 rings (SSSR count). The summed E-state index contributed by atoms with van der Waals surface area (Å²) >= 11 is 0. The molecule has 0 spiro atoms. The number of aromatic nitrogens is 2. The lowest BCUT2D eigenvalue weighted by Crippen LogP contribution is -2.17. The van der Waals surface area contributed by atoms with Crippen LogP contribution < -0.4 is 10.6 Å². The van der Waals surface area contributed by atoms with E-state index in [0.717, 1.165) is 5.56 Å². The quantitative estimate of drug-likeness (QED) is 0.596. The molecule has 3 aromatic rings. The van der Waals surface area contributed by atoms with Crippen LogP contribution in [0.1, 0.15) is 38.9 Å². The Kier molecular flexibility index (Phi) is 6.52. The SMILES string of the molecule is CCOC(=O)c1ccccc1NC(=O)c1ccc(NCc2cccc(C)c2)nn1. The summed E-state index contributed by atoms with van der Waals surface area (Å²) in [5.74, 6) is -0.389. The molecule has 0 aliphatic rings. The molecule has 0 unspecified atom stereocenters. The van der Waals surface area contributed by atoms with Gasteiger partial charge in [-0.1, -0.05) is 42.0 Å². The van der Waals surface area contributed by atoms with Crippen molar-refractivity contribution in [3.05, 3.63) is 83.0 Å². The lowest BCUT2D eigenvalue weighted by Gasteiger charge is -2.10. The number of nitrogens with zero attached hydrogens (tertiary/aromatic N) is 2. The number of carbonyl (C=O) groups excluding carboxylic acids is 2. The summed E-state index contributed by atoms with van der Waals surface area (Å²) in [6.07, 6.45) is 0. The average Bonchev–Trinajstić information content (AvgIpc) is 2.73. The minimum atomic E-state index is -0.495. The third-order valence-electron chi connectivity index (χ3n) is 4.12. The number of hydrogen-bond donors (Lipinski definition) is 2. The smallest absolute Gasteiger partial charge is 0.340 e. The van der Waals surface area contributed by atoms with E-state index in [4.69, 9.17) is 4.74 Å². The number of esters is 1. The highest BCUT2D eigenvalue weighted by Crippen LogP contribution is 2.17. The summed E-state index contributed by atoms with van der Waals surface area (Å²) in [6, 6.07) is 18.1. The lowest BCUT2D eigenvalue weighted by atomic mass is 10.1. The van der Waals surface area contributed by atoms with E-state index in [-0.39, 0.29) is 17.9 Å². The molecule has 0 saturated heterocycles. The van der Waals surface area contributed by atoms with Gasteiger partial charge >= 0.3 is 5.97 Å². The Labute approximate surface area is 169 Å². The van der Waals surface area contributed by atoms with Gasteiger partial charge in [-0.2, -0.15) is 0 Å².